The Morgan fingerprint density at radius 2 is 2.19 bits per heavy atom. The Labute approximate surface area is 130 Å². The van der Waals surface area contributed by atoms with Gasteiger partial charge in [0, 0.05) is 29.5 Å². The molecule has 0 atom stereocenters. The zero-order valence-electron chi connectivity index (χ0n) is 11.3. The van der Waals surface area contributed by atoms with E-state index >= 15 is 0 Å². The summed E-state index contributed by atoms with van der Waals surface area (Å²) >= 11 is 3.29. The van der Waals surface area contributed by atoms with Crippen LogP contribution in [-0.4, -0.2) is 21.8 Å². The number of hydrogen-bond acceptors (Lipinski definition) is 2. The van der Waals surface area contributed by atoms with Crippen LogP contribution in [0.5, 0.6) is 0 Å². The molecule has 1 aromatic heterocycles. The Morgan fingerprint density at radius 1 is 1.38 bits per heavy atom. The number of carbonyl (C=O) groups excluding carboxylic acids is 1. The molecule has 0 N–H and O–H groups in total. The second kappa shape index (κ2) is 5.93. The van der Waals surface area contributed by atoms with Crippen LogP contribution in [-0.2, 0) is 6.54 Å². The van der Waals surface area contributed by atoms with E-state index in [0.717, 1.165) is 18.4 Å². The van der Waals surface area contributed by atoms with Crippen LogP contribution in [0.3, 0.4) is 0 Å². The maximum absolute atomic E-state index is 13.9. The molecule has 3 rings (SSSR count). The summed E-state index contributed by atoms with van der Waals surface area (Å²) < 4.78 is 14.6. The van der Waals surface area contributed by atoms with Gasteiger partial charge in [0.2, 0.25) is 0 Å². The summed E-state index contributed by atoms with van der Waals surface area (Å²) in [5.74, 6) is -0.750. The van der Waals surface area contributed by atoms with Crippen molar-refractivity contribution in [2.24, 2.45) is 0 Å². The Balaban J connectivity index is 1.87. The number of pyridine rings is 1. The smallest absolute Gasteiger partial charge is 0.257 e. The van der Waals surface area contributed by atoms with Gasteiger partial charge in [0.25, 0.3) is 5.91 Å². The quantitative estimate of drug-likeness (QED) is 0.842. The zero-order valence-corrected chi connectivity index (χ0v) is 12.9. The van der Waals surface area contributed by atoms with Gasteiger partial charge in [0.15, 0.2) is 0 Å². The molecule has 21 heavy (non-hydrogen) atoms. The van der Waals surface area contributed by atoms with Crippen molar-refractivity contribution in [3.05, 3.63) is 64.1 Å². The standard InChI is InChI=1S/C16H14BrFN2O/c17-12-3-6-15(18)14(8-12)16(21)20(13-4-5-13)10-11-2-1-7-19-9-11/h1-3,6-9,13H,4-5,10H2. The minimum Gasteiger partial charge on any atom is -0.331 e. The molecule has 1 saturated carbocycles. The van der Waals surface area contributed by atoms with Gasteiger partial charge < -0.3 is 4.90 Å². The molecule has 1 heterocycles. The number of amides is 1. The molecule has 1 fully saturated rings. The Kier molecular flexibility index (Phi) is 4.01. The molecule has 0 radical (unpaired) electrons. The van der Waals surface area contributed by atoms with Gasteiger partial charge in [-0.3, -0.25) is 9.78 Å². The lowest BCUT2D eigenvalue weighted by Crippen LogP contribution is -2.33. The number of aromatic nitrogens is 1. The molecule has 0 unspecified atom stereocenters. The molecule has 1 amide bonds. The van der Waals surface area contributed by atoms with E-state index in [9.17, 15) is 9.18 Å². The summed E-state index contributed by atoms with van der Waals surface area (Å²) in [7, 11) is 0. The van der Waals surface area contributed by atoms with Crippen LogP contribution < -0.4 is 0 Å². The average molecular weight is 349 g/mol. The minimum atomic E-state index is -0.486. The van der Waals surface area contributed by atoms with E-state index in [-0.39, 0.29) is 17.5 Å². The number of nitrogens with zero attached hydrogens (tertiary/aromatic N) is 2. The van der Waals surface area contributed by atoms with Crippen molar-refractivity contribution in [2.45, 2.75) is 25.4 Å². The van der Waals surface area contributed by atoms with Gasteiger partial charge in [-0.15, -0.1) is 0 Å². The molecule has 0 spiro atoms. The van der Waals surface area contributed by atoms with E-state index in [1.165, 1.54) is 12.1 Å². The second-order valence-electron chi connectivity index (χ2n) is 5.15. The molecule has 0 aliphatic heterocycles. The molecular formula is C16H14BrFN2O. The highest BCUT2D eigenvalue weighted by Gasteiger charge is 2.34. The van der Waals surface area contributed by atoms with E-state index < -0.39 is 5.82 Å². The van der Waals surface area contributed by atoms with Crippen molar-refractivity contribution < 1.29 is 9.18 Å². The van der Waals surface area contributed by atoms with E-state index in [1.54, 1.807) is 23.4 Å². The van der Waals surface area contributed by atoms with Crippen molar-refractivity contribution in [2.75, 3.05) is 0 Å². The number of halogens is 2. The second-order valence-corrected chi connectivity index (χ2v) is 6.07. The van der Waals surface area contributed by atoms with Crippen molar-refractivity contribution in [3.63, 3.8) is 0 Å². The van der Waals surface area contributed by atoms with Crippen molar-refractivity contribution in [3.8, 4) is 0 Å². The van der Waals surface area contributed by atoms with Crippen LogP contribution >= 0.6 is 15.9 Å². The lowest BCUT2D eigenvalue weighted by Gasteiger charge is -2.23. The number of benzene rings is 1. The molecule has 0 saturated heterocycles. The normalized spacial score (nSPS) is 14.0. The minimum absolute atomic E-state index is 0.111. The molecule has 1 aromatic carbocycles. The van der Waals surface area contributed by atoms with Crippen LogP contribution in [0.15, 0.2) is 47.2 Å². The lowest BCUT2D eigenvalue weighted by molar-refractivity contribution is 0.0725. The molecule has 1 aliphatic carbocycles. The first kappa shape index (κ1) is 14.2. The molecule has 0 bridgehead atoms. The maximum atomic E-state index is 13.9. The van der Waals surface area contributed by atoms with Gasteiger partial charge in [0.1, 0.15) is 5.82 Å². The third-order valence-corrected chi connectivity index (χ3v) is 3.98. The molecule has 1 aliphatic rings. The largest absolute Gasteiger partial charge is 0.331 e. The molecule has 3 nitrogen and oxygen atoms in total. The van der Waals surface area contributed by atoms with Crippen LogP contribution in [0.2, 0.25) is 0 Å². The van der Waals surface area contributed by atoms with Gasteiger partial charge >= 0.3 is 0 Å². The monoisotopic (exact) mass is 348 g/mol. The summed E-state index contributed by atoms with van der Waals surface area (Å²) in [6.45, 7) is 0.462. The Morgan fingerprint density at radius 3 is 2.86 bits per heavy atom. The highest BCUT2D eigenvalue weighted by Crippen LogP contribution is 2.30. The van der Waals surface area contributed by atoms with E-state index in [1.807, 2.05) is 12.1 Å². The first-order valence-electron chi connectivity index (χ1n) is 6.80. The summed E-state index contributed by atoms with van der Waals surface area (Å²) in [5, 5.41) is 0. The van der Waals surface area contributed by atoms with E-state index in [2.05, 4.69) is 20.9 Å². The highest BCUT2D eigenvalue weighted by molar-refractivity contribution is 9.10. The number of carbonyl (C=O) groups is 1. The predicted molar refractivity (Wildman–Crippen MR) is 81.2 cm³/mol. The topological polar surface area (TPSA) is 33.2 Å². The summed E-state index contributed by atoms with van der Waals surface area (Å²) in [5.41, 5.74) is 1.06. The number of rotatable bonds is 4. The highest BCUT2D eigenvalue weighted by atomic mass is 79.9. The Hall–Kier alpha value is -1.75. The zero-order chi connectivity index (χ0) is 14.8. The van der Waals surface area contributed by atoms with Crippen molar-refractivity contribution in [1.29, 1.82) is 0 Å². The van der Waals surface area contributed by atoms with E-state index in [0.29, 0.717) is 11.0 Å². The summed E-state index contributed by atoms with van der Waals surface area (Å²) in [6, 6.07) is 8.41. The first-order valence-corrected chi connectivity index (χ1v) is 7.59. The molecular weight excluding hydrogens is 335 g/mol. The van der Waals surface area contributed by atoms with Gasteiger partial charge in [-0.05, 0) is 42.7 Å². The predicted octanol–water partition coefficient (Wildman–Crippen LogP) is 3.79. The van der Waals surface area contributed by atoms with Crippen molar-refractivity contribution >= 4 is 21.8 Å². The van der Waals surface area contributed by atoms with Gasteiger partial charge in [-0.25, -0.2) is 4.39 Å². The third kappa shape index (κ3) is 3.29. The average Bonchev–Trinajstić information content (AvgIpc) is 3.32. The van der Waals surface area contributed by atoms with Crippen LogP contribution in [0.25, 0.3) is 0 Å². The fourth-order valence-electron chi connectivity index (χ4n) is 2.26. The summed E-state index contributed by atoms with van der Waals surface area (Å²) in [6.07, 6.45) is 5.38. The molecule has 2 aromatic rings. The van der Waals surface area contributed by atoms with Crippen LogP contribution in [0.4, 0.5) is 4.39 Å². The lowest BCUT2D eigenvalue weighted by atomic mass is 10.1. The molecule has 108 valence electrons. The van der Waals surface area contributed by atoms with Crippen LogP contribution in [0.1, 0.15) is 28.8 Å². The fraction of sp³-hybridized carbons (Fsp3) is 0.250. The fourth-order valence-corrected chi connectivity index (χ4v) is 2.62. The van der Waals surface area contributed by atoms with Gasteiger partial charge in [-0.2, -0.15) is 0 Å². The van der Waals surface area contributed by atoms with Crippen molar-refractivity contribution in [1.82, 2.24) is 9.88 Å². The van der Waals surface area contributed by atoms with Gasteiger partial charge in [-0.1, -0.05) is 22.0 Å². The van der Waals surface area contributed by atoms with Gasteiger partial charge in [0.05, 0.1) is 5.56 Å². The first-order chi connectivity index (χ1) is 10.1. The van der Waals surface area contributed by atoms with Crippen LogP contribution in [0, 0.1) is 5.82 Å². The van der Waals surface area contributed by atoms with E-state index in [4.69, 9.17) is 0 Å². The maximum Gasteiger partial charge on any atom is 0.257 e. The number of hydrogen-bond donors (Lipinski definition) is 0. The summed E-state index contributed by atoms with van der Waals surface area (Å²) in [4.78, 5) is 18.4. The Bertz CT molecular complexity index is 659. The molecule has 5 heteroatoms. The SMILES string of the molecule is O=C(c1cc(Br)ccc1F)N(Cc1cccnc1)C1CC1. The third-order valence-electron chi connectivity index (χ3n) is 3.48.